The lowest BCUT2D eigenvalue weighted by molar-refractivity contribution is -0.171. The molecule has 21 heavy (non-hydrogen) atoms. The van der Waals surface area contributed by atoms with Gasteiger partial charge in [-0.2, -0.15) is 11.8 Å². The van der Waals surface area contributed by atoms with Crippen LogP contribution in [-0.2, 0) is 9.53 Å². The Morgan fingerprint density at radius 1 is 1.43 bits per heavy atom. The molecule has 0 heterocycles. The van der Waals surface area contributed by atoms with E-state index in [9.17, 15) is 4.79 Å². The maximum absolute atomic E-state index is 12.7. The van der Waals surface area contributed by atoms with Gasteiger partial charge in [-0.1, -0.05) is 20.3 Å². The van der Waals surface area contributed by atoms with Gasteiger partial charge in [-0.25, -0.2) is 0 Å². The van der Waals surface area contributed by atoms with Crippen LogP contribution < -0.4 is 11.1 Å². The topological polar surface area (TPSA) is 64.3 Å². The van der Waals surface area contributed by atoms with Gasteiger partial charge in [-0.3, -0.25) is 4.79 Å². The van der Waals surface area contributed by atoms with Crippen LogP contribution in [-0.4, -0.2) is 41.7 Å². The molecule has 0 aromatic carbocycles. The average molecular weight is 314 g/mol. The molecule has 5 heteroatoms. The van der Waals surface area contributed by atoms with Crippen LogP contribution in [0.5, 0.6) is 0 Å². The number of amides is 1. The minimum Gasteiger partial charge on any atom is -0.378 e. The van der Waals surface area contributed by atoms with Crippen molar-refractivity contribution in [1.82, 2.24) is 5.32 Å². The molecule has 2 aliphatic rings. The van der Waals surface area contributed by atoms with Gasteiger partial charge in [-0.15, -0.1) is 0 Å². The van der Waals surface area contributed by atoms with Gasteiger partial charge >= 0.3 is 0 Å². The van der Waals surface area contributed by atoms with E-state index < -0.39 is 5.54 Å². The van der Waals surface area contributed by atoms with Gasteiger partial charge < -0.3 is 15.8 Å². The molecule has 3 N–H and O–H groups in total. The summed E-state index contributed by atoms with van der Waals surface area (Å²) >= 11 is 1.91. The highest BCUT2D eigenvalue weighted by Gasteiger charge is 2.63. The third-order valence-corrected chi connectivity index (χ3v) is 6.62. The lowest BCUT2D eigenvalue weighted by atomic mass is 9.54. The van der Waals surface area contributed by atoms with Gasteiger partial charge in [0.25, 0.3) is 0 Å². The van der Waals surface area contributed by atoms with Crippen molar-refractivity contribution >= 4 is 17.7 Å². The van der Waals surface area contributed by atoms with Gasteiger partial charge in [-0.05, 0) is 32.4 Å². The third-order valence-electron chi connectivity index (χ3n) is 5.53. The molecule has 4 atom stereocenters. The van der Waals surface area contributed by atoms with Crippen molar-refractivity contribution in [3.63, 3.8) is 0 Å². The van der Waals surface area contributed by atoms with Gasteiger partial charge in [0.05, 0.1) is 6.10 Å². The largest absolute Gasteiger partial charge is 0.378 e. The first-order chi connectivity index (χ1) is 9.85. The van der Waals surface area contributed by atoms with Crippen molar-refractivity contribution in [1.29, 1.82) is 0 Å². The number of ether oxygens (including phenoxy) is 1. The summed E-state index contributed by atoms with van der Waals surface area (Å²) in [6.07, 6.45) is 7.47. The van der Waals surface area contributed by atoms with E-state index in [0.29, 0.717) is 18.3 Å². The van der Waals surface area contributed by atoms with Crippen molar-refractivity contribution < 1.29 is 9.53 Å². The highest BCUT2D eigenvalue weighted by Crippen LogP contribution is 2.50. The maximum atomic E-state index is 12.7. The Labute approximate surface area is 132 Å². The molecule has 0 radical (unpaired) electrons. The molecule has 122 valence electrons. The Morgan fingerprint density at radius 3 is 2.71 bits per heavy atom. The molecule has 0 bridgehead atoms. The molecule has 2 fully saturated rings. The molecule has 1 amide bonds. The Kier molecular flexibility index (Phi) is 5.27. The first kappa shape index (κ1) is 17.1. The second-order valence-electron chi connectivity index (χ2n) is 7.04. The van der Waals surface area contributed by atoms with Crippen LogP contribution in [0.2, 0.25) is 0 Å². The SMILES string of the molecule is CCOC1CC(N)(C(=O)NC2CCCC(SC)C2)C1(C)C. The highest BCUT2D eigenvalue weighted by atomic mass is 32.2. The van der Waals surface area contributed by atoms with E-state index in [2.05, 4.69) is 11.6 Å². The van der Waals surface area contributed by atoms with Crippen molar-refractivity contribution in [2.45, 2.75) is 75.8 Å². The first-order valence-electron chi connectivity index (χ1n) is 8.09. The molecule has 4 unspecified atom stereocenters. The van der Waals surface area contributed by atoms with E-state index >= 15 is 0 Å². The Morgan fingerprint density at radius 2 is 2.14 bits per heavy atom. The Bertz CT molecular complexity index is 388. The van der Waals surface area contributed by atoms with E-state index in [0.717, 1.165) is 12.8 Å². The van der Waals surface area contributed by atoms with Crippen LogP contribution in [0.1, 0.15) is 52.9 Å². The lowest BCUT2D eigenvalue weighted by Gasteiger charge is -2.57. The van der Waals surface area contributed by atoms with Crippen LogP contribution in [0.3, 0.4) is 0 Å². The summed E-state index contributed by atoms with van der Waals surface area (Å²) < 4.78 is 5.70. The second-order valence-corrected chi connectivity index (χ2v) is 8.17. The number of rotatable bonds is 5. The molecular formula is C16H30N2O2S. The number of carbonyl (C=O) groups is 1. The lowest BCUT2D eigenvalue weighted by Crippen LogP contribution is -2.76. The number of thioether (sulfide) groups is 1. The zero-order valence-corrected chi connectivity index (χ0v) is 14.6. The molecule has 0 saturated heterocycles. The maximum Gasteiger partial charge on any atom is 0.241 e. The van der Waals surface area contributed by atoms with Crippen LogP contribution in [0.4, 0.5) is 0 Å². The van der Waals surface area contributed by atoms with E-state index in [1.165, 1.54) is 12.8 Å². The quantitative estimate of drug-likeness (QED) is 0.817. The fourth-order valence-corrected chi connectivity index (χ4v) is 4.45. The van der Waals surface area contributed by atoms with Crippen LogP contribution >= 0.6 is 11.8 Å². The minimum absolute atomic E-state index is 0.00945. The molecule has 0 spiro atoms. The van der Waals surface area contributed by atoms with Crippen molar-refractivity contribution in [3.05, 3.63) is 0 Å². The van der Waals surface area contributed by atoms with E-state index in [1.54, 1.807) is 0 Å². The van der Waals surface area contributed by atoms with E-state index in [4.69, 9.17) is 10.5 Å². The Balaban J connectivity index is 1.94. The van der Waals surface area contributed by atoms with E-state index in [-0.39, 0.29) is 23.5 Å². The van der Waals surface area contributed by atoms with Crippen LogP contribution in [0.15, 0.2) is 0 Å². The predicted octanol–water partition coefficient (Wildman–Crippen LogP) is 2.31. The van der Waals surface area contributed by atoms with Crippen molar-refractivity contribution in [3.8, 4) is 0 Å². The second kappa shape index (κ2) is 6.47. The fourth-order valence-electron chi connectivity index (χ4n) is 3.62. The summed E-state index contributed by atoms with van der Waals surface area (Å²) in [5.41, 5.74) is 5.33. The highest BCUT2D eigenvalue weighted by molar-refractivity contribution is 7.99. The molecule has 0 aromatic rings. The van der Waals surface area contributed by atoms with Crippen LogP contribution in [0, 0.1) is 5.41 Å². The Hall–Kier alpha value is -0.260. The standard InChI is InChI=1S/C16H30N2O2S/c1-5-20-13-10-16(17,15(13,2)3)14(19)18-11-7-6-8-12(9-11)21-4/h11-13H,5-10,17H2,1-4H3,(H,18,19). The number of hydrogen-bond acceptors (Lipinski definition) is 4. The van der Waals surface area contributed by atoms with Crippen LogP contribution in [0.25, 0.3) is 0 Å². The van der Waals surface area contributed by atoms with Crippen molar-refractivity contribution in [2.75, 3.05) is 12.9 Å². The number of nitrogens with two attached hydrogens (primary N) is 1. The molecule has 0 aromatic heterocycles. The normalized spacial score (nSPS) is 38.6. The number of nitrogens with one attached hydrogen (secondary N) is 1. The molecule has 0 aliphatic heterocycles. The summed E-state index contributed by atoms with van der Waals surface area (Å²) in [6, 6.07) is 0.283. The van der Waals surface area contributed by atoms with E-state index in [1.807, 2.05) is 32.5 Å². The summed E-state index contributed by atoms with van der Waals surface area (Å²) in [5.74, 6) is 0.00945. The summed E-state index contributed by atoms with van der Waals surface area (Å²) in [7, 11) is 0. The van der Waals surface area contributed by atoms with Crippen molar-refractivity contribution in [2.24, 2.45) is 11.1 Å². The zero-order valence-electron chi connectivity index (χ0n) is 13.8. The summed E-state index contributed by atoms with van der Waals surface area (Å²) in [6.45, 7) is 6.74. The summed E-state index contributed by atoms with van der Waals surface area (Å²) in [4.78, 5) is 12.7. The molecular weight excluding hydrogens is 284 g/mol. The predicted molar refractivity (Wildman–Crippen MR) is 88.4 cm³/mol. The van der Waals surface area contributed by atoms with Gasteiger partial charge in [0.2, 0.25) is 5.91 Å². The molecule has 2 aliphatic carbocycles. The fraction of sp³-hybridized carbons (Fsp3) is 0.938. The number of hydrogen-bond donors (Lipinski definition) is 2. The van der Waals surface area contributed by atoms with Gasteiger partial charge in [0.15, 0.2) is 0 Å². The minimum atomic E-state index is -0.793. The zero-order chi connectivity index (χ0) is 15.7. The monoisotopic (exact) mass is 314 g/mol. The van der Waals surface area contributed by atoms with Gasteiger partial charge in [0, 0.05) is 29.7 Å². The third kappa shape index (κ3) is 3.10. The first-order valence-corrected chi connectivity index (χ1v) is 9.38. The number of carbonyl (C=O) groups excluding carboxylic acids is 1. The molecule has 2 rings (SSSR count). The molecule has 4 nitrogen and oxygen atoms in total. The smallest absolute Gasteiger partial charge is 0.241 e. The average Bonchev–Trinajstić information content (AvgIpc) is 2.46. The molecule has 2 saturated carbocycles. The van der Waals surface area contributed by atoms with Gasteiger partial charge in [0.1, 0.15) is 5.54 Å². The summed E-state index contributed by atoms with van der Waals surface area (Å²) in [5, 5.41) is 3.88.